The van der Waals surface area contributed by atoms with Crippen LogP contribution in [0.1, 0.15) is 24.5 Å². The first kappa shape index (κ1) is 21.2. The Hall–Kier alpha value is -2.52. The molecular formula is C20H22F3N5S. The van der Waals surface area contributed by atoms with E-state index in [4.69, 9.17) is 12.2 Å². The summed E-state index contributed by atoms with van der Waals surface area (Å²) in [5.41, 5.74) is 1.07. The molecule has 0 amide bonds. The van der Waals surface area contributed by atoms with Gasteiger partial charge in [0, 0.05) is 31.0 Å². The van der Waals surface area contributed by atoms with Gasteiger partial charge in [0.2, 0.25) is 0 Å². The largest absolute Gasteiger partial charge is 0.416 e. The standard InChI is InChI=1S/C20H22F3N5S/c1-3-12-27-18(16-8-10-24-11-9-16)25-28(19(27)29)14-26(2)13-15-4-6-17(7-5-15)20(21,22)23/h4-11H,3,12-14H2,1-2H3. The Balaban J connectivity index is 1.78. The maximum absolute atomic E-state index is 12.7. The number of nitrogens with zero attached hydrogens (tertiary/aromatic N) is 5. The molecule has 0 unspecified atom stereocenters. The zero-order chi connectivity index (χ0) is 21.0. The summed E-state index contributed by atoms with van der Waals surface area (Å²) in [4.78, 5) is 6.00. The SMILES string of the molecule is CCCn1c(-c2ccncc2)nn(CN(C)Cc2ccc(C(F)(F)F)cc2)c1=S. The van der Waals surface area contributed by atoms with Crippen molar-refractivity contribution in [3.63, 3.8) is 0 Å². The maximum atomic E-state index is 12.7. The molecule has 2 heterocycles. The van der Waals surface area contributed by atoms with Crippen LogP contribution in [0.5, 0.6) is 0 Å². The summed E-state index contributed by atoms with van der Waals surface area (Å²) >= 11 is 5.62. The van der Waals surface area contributed by atoms with Gasteiger partial charge in [0.25, 0.3) is 0 Å². The average molecular weight is 421 g/mol. The van der Waals surface area contributed by atoms with Crippen molar-refractivity contribution >= 4 is 12.2 Å². The van der Waals surface area contributed by atoms with Gasteiger partial charge in [0.1, 0.15) is 0 Å². The van der Waals surface area contributed by atoms with E-state index < -0.39 is 11.7 Å². The molecule has 0 aliphatic carbocycles. The second-order valence-corrected chi connectivity index (χ2v) is 7.21. The lowest BCUT2D eigenvalue weighted by Gasteiger charge is -2.17. The third-order valence-electron chi connectivity index (χ3n) is 4.42. The normalized spacial score (nSPS) is 11.9. The van der Waals surface area contributed by atoms with Gasteiger partial charge in [0.05, 0.1) is 12.2 Å². The van der Waals surface area contributed by atoms with E-state index in [-0.39, 0.29) is 0 Å². The predicted octanol–water partition coefficient (Wildman–Crippen LogP) is 4.99. The Morgan fingerprint density at radius 1 is 1.07 bits per heavy atom. The molecular weight excluding hydrogens is 399 g/mol. The zero-order valence-corrected chi connectivity index (χ0v) is 17.0. The highest BCUT2D eigenvalue weighted by molar-refractivity contribution is 7.71. The van der Waals surface area contributed by atoms with Gasteiger partial charge in [-0.25, -0.2) is 4.68 Å². The molecule has 154 valence electrons. The summed E-state index contributed by atoms with van der Waals surface area (Å²) in [7, 11) is 1.88. The van der Waals surface area contributed by atoms with Crippen LogP contribution >= 0.6 is 12.2 Å². The van der Waals surface area contributed by atoms with Crippen molar-refractivity contribution in [2.45, 2.75) is 39.3 Å². The van der Waals surface area contributed by atoms with E-state index in [1.807, 2.05) is 28.6 Å². The Morgan fingerprint density at radius 3 is 2.31 bits per heavy atom. The van der Waals surface area contributed by atoms with Crippen molar-refractivity contribution in [1.29, 1.82) is 0 Å². The molecule has 29 heavy (non-hydrogen) atoms. The lowest BCUT2D eigenvalue weighted by atomic mass is 10.1. The van der Waals surface area contributed by atoms with Crippen molar-refractivity contribution in [2.24, 2.45) is 0 Å². The van der Waals surface area contributed by atoms with Crippen molar-refractivity contribution in [1.82, 2.24) is 24.2 Å². The number of benzene rings is 1. The number of rotatable bonds is 7. The molecule has 0 saturated heterocycles. The van der Waals surface area contributed by atoms with E-state index in [2.05, 4.69) is 17.0 Å². The van der Waals surface area contributed by atoms with E-state index in [9.17, 15) is 13.2 Å². The number of pyridine rings is 1. The number of halogens is 3. The van der Waals surface area contributed by atoms with Gasteiger partial charge in [-0.2, -0.15) is 18.3 Å². The second kappa shape index (κ2) is 8.87. The van der Waals surface area contributed by atoms with Gasteiger partial charge in [-0.1, -0.05) is 19.1 Å². The van der Waals surface area contributed by atoms with Crippen molar-refractivity contribution in [2.75, 3.05) is 7.05 Å². The first-order valence-electron chi connectivity index (χ1n) is 9.22. The third-order valence-corrected chi connectivity index (χ3v) is 4.85. The monoisotopic (exact) mass is 421 g/mol. The van der Waals surface area contributed by atoms with E-state index >= 15 is 0 Å². The minimum absolute atomic E-state index is 0.425. The fourth-order valence-corrected chi connectivity index (χ4v) is 3.34. The molecule has 3 rings (SSSR count). The van der Waals surface area contributed by atoms with Gasteiger partial charge < -0.3 is 0 Å². The molecule has 2 aromatic heterocycles. The lowest BCUT2D eigenvalue weighted by molar-refractivity contribution is -0.137. The number of alkyl halides is 3. The van der Waals surface area contributed by atoms with Crippen LogP contribution in [0.3, 0.4) is 0 Å². The molecule has 0 radical (unpaired) electrons. The summed E-state index contributed by atoms with van der Waals surface area (Å²) in [6, 6.07) is 8.98. The van der Waals surface area contributed by atoms with Gasteiger partial charge in [-0.3, -0.25) is 14.5 Å². The topological polar surface area (TPSA) is 38.9 Å². The number of hydrogen-bond donors (Lipinski definition) is 0. The molecule has 5 nitrogen and oxygen atoms in total. The van der Waals surface area contributed by atoms with Gasteiger partial charge >= 0.3 is 6.18 Å². The average Bonchev–Trinajstić information content (AvgIpc) is 2.98. The van der Waals surface area contributed by atoms with Crippen molar-refractivity contribution in [3.8, 4) is 11.4 Å². The summed E-state index contributed by atoms with van der Waals surface area (Å²) < 4.78 is 42.5. The summed E-state index contributed by atoms with van der Waals surface area (Å²) in [6.07, 6.45) is 0.0152. The third kappa shape index (κ3) is 5.10. The fourth-order valence-electron chi connectivity index (χ4n) is 3.06. The fraction of sp³-hybridized carbons (Fsp3) is 0.350. The molecule has 0 aliphatic rings. The highest BCUT2D eigenvalue weighted by Crippen LogP contribution is 2.29. The highest BCUT2D eigenvalue weighted by Gasteiger charge is 2.29. The van der Waals surface area contributed by atoms with Gasteiger partial charge in [-0.05, 0) is 55.5 Å². The smallest absolute Gasteiger partial charge is 0.300 e. The summed E-state index contributed by atoms with van der Waals surface area (Å²) in [5, 5.41) is 4.68. The predicted molar refractivity (Wildman–Crippen MR) is 107 cm³/mol. The number of hydrogen-bond acceptors (Lipinski definition) is 4. The summed E-state index contributed by atoms with van der Waals surface area (Å²) in [6.45, 7) is 3.73. The molecule has 1 aromatic carbocycles. The zero-order valence-electron chi connectivity index (χ0n) is 16.2. The minimum Gasteiger partial charge on any atom is -0.300 e. The second-order valence-electron chi connectivity index (χ2n) is 6.84. The van der Waals surface area contributed by atoms with Crippen LogP contribution in [0.2, 0.25) is 0 Å². The van der Waals surface area contributed by atoms with E-state index in [0.29, 0.717) is 18.0 Å². The lowest BCUT2D eigenvalue weighted by Crippen LogP contribution is -2.22. The molecule has 0 fully saturated rings. The Bertz CT molecular complexity index is 994. The highest BCUT2D eigenvalue weighted by atomic mass is 32.1. The first-order valence-corrected chi connectivity index (χ1v) is 9.63. The van der Waals surface area contributed by atoms with Crippen LogP contribution in [-0.4, -0.2) is 31.3 Å². The van der Waals surface area contributed by atoms with Crippen LogP contribution in [0.15, 0.2) is 48.8 Å². The quantitative estimate of drug-likeness (QED) is 0.504. The molecule has 0 spiro atoms. The van der Waals surface area contributed by atoms with Crippen molar-refractivity contribution < 1.29 is 13.2 Å². The molecule has 0 N–H and O–H groups in total. The van der Waals surface area contributed by atoms with Crippen LogP contribution in [0, 0.1) is 4.77 Å². The van der Waals surface area contributed by atoms with Gasteiger partial charge in [0.15, 0.2) is 10.6 Å². The minimum atomic E-state index is -4.33. The molecule has 9 heteroatoms. The maximum Gasteiger partial charge on any atom is 0.416 e. The molecule has 0 aliphatic heterocycles. The molecule has 3 aromatic rings. The van der Waals surface area contributed by atoms with Crippen LogP contribution in [-0.2, 0) is 25.9 Å². The van der Waals surface area contributed by atoms with E-state index in [0.717, 1.165) is 42.0 Å². The Labute approximate surface area is 172 Å². The van der Waals surface area contributed by atoms with Crippen LogP contribution in [0.25, 0.3) is 11.4 Å². The molecule has 0 bridgehead atoms. The number of aromatic nitrogens is 4. The first-order chi connectivity index (χ1) is 13.8. The van der Waals surface area contributed by atoms with Crippen LogP contribution in [0.4, 0.5) is 13.2 Å². The van der Waals surface area contributed by atoms with Gasteiger partial charge in [-0.15, -0.1) is 0 Å². The Morgan fingerprint density at radius 2 is 1.72 bits per heavy atom. The molecule has 0 atom stereocenters. The summed E-state index contributed by atoms with van der Waals surface area (Å²) in [5.74, 6) is 0.780. The van der Waals surface area contributed by atoms with E-state index in [1.165, 1.54) is 12.1 Å². The Kier molecular flexibility index (Phi) is 6.49. The van der Waals surface area contributed by atoms with Crippen LogP contribution < -0.4 is 0 Å². The van der Waals surface area contributed by atoms with E-state index in [1.54, 1.807) is 17.1 Å². The molecule has 0 saturated carbocycles. The van der Waals surface area contributed by atoms with Crippen molar-refractivity contribution in [3.05, 3.63) is 64.7 Å².